The van der Waals surface area contributed by atoms with E-state index >= 15 is 0 Å². The van der Waals surface area contributed by atoms with Crippen LogP contribution in [0, 0.1) is 0 Å². The van der Waals surface area contributed by atoms with Gasteiger partial charge in [-0.15, -0.1) is 0 Å². The minimum absolute atomic E-state index is 0. The molecule has 0 N–H and O–H groups in total. The van der Waals surface area contributed by atoms with Crippen LogP contribution in [-0.2, 0) is 29.5 Å². The fraction of sp³-hybridized carbons (Fsp3) is 0. The van der Waals surface area contributed by atoms with E-state index in [0.717, 1.165) is 0 Å². The van der Waals surface area contributed by atoms with Crippen molar-refractivity contribution in [2.24, 2.45) is 0 Å². The Hall–Kier alpha value is 0.962. The second-order valence-corrected chi connectivity index (χ2v) is 0. The minimum Gasteiger partial charge on any atom is -2.00 e. The minimum atomic E-state index is 0. The molecular formula is F2LiO2V-5. The molecule has 0 bridgehead atoms. The van der Waals surface area contributed by atoms with Crippen molar-refractivity contribution in [1.29, 1.82) is 0 Å². The van der Waals surface area contributed by atoms with Crippen LogP contribution in [0.25, 0.3) is 0 Å². The fourth-order valence-corrected chi connectivity index (χ4v) is 0. The van der Waals surface area contributed by atoms with Crippen molar-refractivity contribution in [2.75, 3.05) is 0 Å². The van der Waals surface area contributed by atoms with Crippen LogP contribution < -0.4 is 28.3 Å². The topological polar surface area (TPSA) is 57.0 Å². The first-order chi connectivity index (χ1) is 0. The van der Waals surface area contributed by atoms with Crippen LogP contribution in [0.3, 0.4) is 0 Å². The Kier molecular flexibility index (Phi) is 7070. The Labute approximate surface area is 58.1 Å². The number of hydrogen-bond acceptors (Lipinski definition) is 0. The zero-order chi connectivity index (χ0) is 0. The third kappa shape index (κ3) is 84.2. The van der Waals surface area contributed by atoms with Crippen LogP contribution in [0.1, 0.15) is 0 Å². The van der Waals surface area contributed by atoms with Crippen LogP contribution in [-0.4, -0.2) is 0 Å². The van der Waals surface area contributed by atoms with Gasteiger partial charge in [0.2, 0.25) is 0 Å². The second-order valence-electron chi connectivity index (χ2n) is 0. The molecule has 0 saturated heterocycles. The molecule has 0 atom stereocenters. The first-order valence-corrected chi connectivity index (χ1v) is 0. The van der Waals surface area contributed by atoms with Crippen molar-refractivity contribution in [3.63, 3.8) is 0 Å². The Morgan fingerprint density at radius 2 is 0.667 bits per heavy atom. The first kappa shape index (κ1) is 267. The Morgan fingerprint density at radius 3 is 0.667 bits per heavy atom. The molecule has 0 aliphatic carbocycles. The predicted octanol–water partition coefficient (Wildman–Crippen LogP) is -9.23. The molecule has 0 rings (SSSR count). The molecule has 37 valence electrons. The fourth-order valence-electron chi connectivity index (χ4n) is 0. The molecule has 0 amide bonds. The van der Waals surface area contributed by atoms with Gasteiger partial charge >= 0.3 is 18.9 Å². The van der Waals surface area contributed by atoms with Gasteiger partial charge in [-0.3, -0.25) is 0 Å². The maximum atomic E-state index is 0. The molecule has 0 aromatic heterocycles. The summed E-state index contributed by atoms with van der Waals surface area (Å²) in [4.78, 5) is 0. The molecule has 6 heavy (non-hydrogen) atoms. The molecule has 0 saturated carbocycles. The van der Waals surface area contributed by atoms with E-state index in [1.54, 1.807) is 0 Å². The van der Waals surface area contributed by atoms with Gasteiger partial charge in [-0.25, -0.2) is 0 Å². The van der Waals surface area contributed by atoms with Crippen molar-refractivity contribution < 1.29 is 57.8 Å². The Morgan fingerprint density at radius 1 is 0.667 bits per heavy atom. The zero-order valence-electron chi connectivity index (χ0n) is 3.02. The number of rotatable bonds is 0. The van der Waals surface area contributed by atoms with Crippen molar-refractivity contribution in [1.82, 2.24) is 0 Å². The first-order valence-electron chi connectivity index (χ1n) is 0. The summed E-state index contributed by atoms with van der Waals surface area (Å²) < 4.78 is 0. The maximum absolute atomic E-state index is 0. The second kappa shape index (κ2) is 159. The standard InChI is InChI=1S/2FH.Li.2O.V/h2*1H;;;;/q;;+1;2*-2;/p-2. The summed E-state index contributed by atoms with van der Waals surface area (Å²) in [5.74, 6) is 0. The summed E-state index contributed by atoms with van der Waals surface area (Å²) in [5, 5.41) is 0. The van der Waals surface area contributed by atoms with Crippen molar-refractivity contribution in [3.05, 3.63) is 0 Å². The monoisotopic (exact) mass is 128 g/mol. The molecule has 0 unspecified atom stereocenters. The number of hydrogen-bond donors (Lipinski definition) is 0. The van der Waals surface area contributed by atoms with Crippen molar-refractivity contribution >= 4 is 0 Å². The number of halogens is 2. The van der Waals surface area contributed by atoms with E-state index in [0.29, 0.717) is 0 Å². The smallest absolute Gasteiger partial charge is 1.00 e. The zero-order valence-corrected chi connectivity index (χ0v) is 4.42. The van der Waals surface area contributed by atoms with E-state index in [1.807, 2.05) is 0 Å². The van der Waals surface area contributed by atoms with E-state index in [4.69, 9.17) is 0 Å². The van der Waals surface area contributed by atoms with Gasteiger partial charge in [0.1, 0.15) is 0 Å². The summed E-state index contributed by atoms with van der Waals surface area (Å²) in [6, 6.07) is 0. The van der Waals surface area contributed by atoms with Crippen LogP contribution in [0.5, 0.6) is 0 Å². The van der Waals surface area contributed by atoms with Gasteiger partial charge in [0, 0.05) is 18.6 Å². The SMILES string of the molecule is [F-].[F-].[Li+].[O-2].[O-2].[V]. The van der Waals surface area contributed by atoms with Gasteiger partial charge in [0.05, 0.1) is 0 Å². The molecule has 0 spiro atoms. The molecular weight excluding hydrogens is 128 g/mol. The van der Waals surface area contributed by atoms with Crippen LogP contribution in [0.2, 0.25) is 0 Å². The van der Waals surface area contributed by atoms with Gasteiger partial charge in [-0.1, -0.05) is 0 Å². The van der Waals surface area contributed by atoms with Gasteiger partial charge in [0.15, 0.2) is 0 Å². The van der Waals surface area contributed by atoms with Gasteiger partial charge in [0.25, 0.3) is 0 Å². The van der Waals surface area contributed by atoms with E-state index in [-0.39, 0.29) is 57.8 Å². The van der Waals surface area contributed by atoms with E-state index in [9.17, 15) is 0 Å². The van der Waals surface area contributed by atoms with Crippen LogP contribution >= 0.6 is 0 Å². The molecule has 0 heterocycles. The molecule has 2 nitrogen and oxygen atoms in total. The summed E-state index contributed by atoms with van der Waals surface area (Å²) in [6.07, 6.45) is 0. The summed E-state index contributed by atoms with van der Waals surface area (Å²) in [7, 11) is 0. The molecule has 0 aromatic carbocycles. The van der Waals surface area contributed by atoms with Gasteiger partial charge in [-0.05, 0) is 0 Å². The van der Waals surface area contributed by atoms with Crippen LogP contribution in [0.15, 0.2) is 0 Å². The quantitative estimate of drug-likeness (QED) is 0.291. The Bertz CT molecular complexity index is 11.5. The summed E-state index contributed by atoms with van der Waals surface area (Å²) in [6.45, 7) is 0. The Balaban J connectivity index is 0. The molecule has 0 aliphatic heterocycles. The largest absolute Gasteiger partial charge is 2.00 e. The molecule has 6 heteroatoms. The summed E-state index contributed by atoms with van der Waals surface area (Å²) in [5.41, 5.74) is 0. The van der Waals surface area contributed by atoms with E-state index < -0.39 is 0 Å². The molecule has 0 fully saturated rings. The average Bonchev–Trinajstić information content (AvgIpc) is 0. The van der Waals surface area contributed by atoms with Crippen molar-refractivity contribution in [3.8, 4) is 0 Å². The van der Waals surface area contributed by atoms with Gasteiger partial charge in [-0.2, -0.15) is 0 Å². The average molecular weight is 128 g/mol. The molecule has 1 radical (unpaired) electrons. The van der Waals surface area contributed by atoms with Gasteiger partial charge < -0.3 is 20.4 Å². The van der Waals surface area contributed by atoms with Crippen LogP contribution in [0.4, 0.5) is 0 Å². The molecule has 0 aliphatic rings. The predicted molar refractivity (Wildman–Crippen MR) is 1.37 cm³/mol. The summed E-state index contributed by atoms with van der Waals surface area (Å²) >= 11 is 0. The third-order valence-corrected chi connectivity index (χ3v) is 0. The van der Waals surface area contributed by atoms with E-state index in [2.05, 4.69) is 0 Å². The van der Waals surface area contributed by atoms with E-state index in [1.165, 1.54) is 0 Å². The normalized spacial score (nSPS) is 0. The molecule has 0 aromatic rings. The maximum Gasteiger partial charge on any atom is 1.00 e. The third-order valence-electron chi connectivity index (χ3n) is 0. The van der Waals surface area contributed by atoms with Crippen molar-refractivity contribution in [2.45, 2.75) is 0 Å².